The Balaban J connectivity index is 2.07. The van der Waals surface area contributed by atoms with Crippen LogP contribution in [0.25, 0.3) is 0 Å². The molecular weight excluding hydrogens is 416 g/mol. The Hall–Kier alpha value is -0.400. The van der Waals surface area contributed by atoms with Gasteiger partial charge in [0, 0.05) is 41.1 Å². The van der Waals surface area contributed by atoms with Gasteiger partial charge in [-0.05, 0) is 39.5 Å². The molecule has 0 aliphatic carbocycles. The highest BCUT2D eigenvalue weighted by atomic mass is 79.9. The Bertz CT molecular complexity index is 612. The molecule has 2 aromatic rings. The van der Waals surface area contributed by atoms with Crippen LogP contribution in [0.2, 0.25) is 0 Å². The Morgan fingerprint density at radius 3 is 2.67 bits per heavy atom. The maximum Gasteiger partial charge on any atom is 0.134 e. The summed E-state index contributed by atoms with van der Waals surface area (Å²) in [5, 5.41) is 16.0. The van der Waals surface area contributed by atoms with E-state index in [-0.39, 0.29) is 6.04 Å². The summed E-state index contributed by atoms with van der Waals surface area (Å²) in [5.74, 6) is 0.329. The van der Waals surface area contributed by atoms with Crippen LogP contribution in [-0.2, 0) is 0 Å². The first kappa shape index (κ1) is 15.5. The van der Waals surface area contributed by atoms with Crippen molar-refractivity contribution in [3.8, 4) is 5.75 Å². The number of hydrogen-bond donors (Lipinski definition) is 2. The molecule has 1 atom stereocenters. The van der Waals surface area contributed by atoms with E-state index >= 15 is 0 Å². The predicted octanol–water partition coefficient (Wildman–Crippen LogP) is 3.97. The Labute approximate surface area is 145 Å². The molecule has 21 heavy (non-hydrogen) atoms. The summed E-state index contributed by atoms with van der Waals surface area (Å²) in [4.78, 5) is 3.69. The van der Waals surface area contributed by atoms with Crippen LogP contribution in [-0.4, -0.2) is 36.2 Å². The molecule has 0 unspecified atom stereocenters. The van der Waals surface area contributed by atoms with Crippen LogP contribution in [0.5, 0.6) is 5.75 Å². The number of nitrogens with zero attached hydrogens (tertiary/aromatic N) is 1. The van der Waals surface area contributed by atoms with E-state index in [0.29, 0.717) is 5.75 Å². The van der Waals surface area contributed by atoms with Crippen molar-refractivity contribution in [1.29, 1.82) is 0 Å². The van der Waals surface area contributed by atoms with Gasteiger partial charge in [0.05, 0.1) is 10.5 Å². The molecule has 1 saturated heterocycles. The van der Waals surface area contributed by atoms with Gasteiger partial charge >= 0.3 is 0 Å². The van der Waals surface area contributed by atoms with Crippen molar-refractivity contribution in [2.75, 3.05) is 26.2 Å². The second-order valence-corrected chi connectivity index (χ2v) is 7.78. The Kier molecular flexibility index (Phi) is 5.01. The van der Waals surface area contributed by atoms with Crippen LogP contribution < -0.4 is 5.32 Å². The number of halogens is 2. The Morgan fingerprint density at radius 1 is 1.24 bits per heavy atom. The SMILES string of the molecule is Oc1c(Br)cc(Br)cc1[C@H](c1cccs1)N1CCNCC1. The summed E-state index contributed by atoms with van der Waals surface area (Å²) >= 11 is 8.72. The van der Waals surface area contributed by atoms with Gasteiger partial charge in [-0.15, -0.1) is 11.3 Å². The normalized spacial score (nSPS) is 17.8. The quantitative estimate of drug-likeness (QED) is 0.771. The third-order valence-corrected chi connectivity index (χ3v) is 5.67. The van der Waals surface area contributed by atoms with E-state index in [4.69, 9.17) is 0 Å². The second kappa shape index (κ2) is 6.79. The lowest BCUT2D eigenvalue weighted by Crippen LogP contribution is -2.45. The van der Waals surface area contributed by atoms with Crippen molar-refractivity contribution in [2.24, 2.45) is 0 Å². The minimum Gasteiger partial charge on any atom is -0.506 e. The first-order chi connectivity index (χ1) is 10.2. The van der Waals surface area contributed by atoms with Crippen LogP contribution in [0, 0.1) is 0 Å². The molecule has 1 aliphatic rings. The number of aromatic hydroxyl groups is 1. The fourth-order valence-corrected chi connectivity index (χ4v) is 4.85. The third kappa shape index (κ3) is 3.35. The van der Waals surface area contributed by atoms with Crippen LogP contribution in [0.4, 0.5) is 0 Å². The molecule has 0 bridgehead atoms. The zero-order valence-corrected chi connectivity index (χ0v) is 15.3. The zero-order chi connectivity index (χ0) is 14.8. The lowest BCUT2D eigenvalue weighted by Gasteiger charge is -2.35. The van der Waals surface area contributed by atoms with E-state index in [0.717, 1.165) is 40.7 Å². The molecule has 1 fully saturated rings. The fourth-order valence-electron chi connectivity index (χ4n) is 2.71. The molecule has 6 heteroatoms. The van der Waals surface area contributed by atoms with Crippen molar-refractivity contribution >= 4 is 43.2 Å². The minimum atomic E-state index is 0.0981. The van der Waals surface area contributed by atoms with E-state index in [9.17, 15) is 5.11 Å². The number of rotatable bonds is 3. The first-order valence-corrected chi connectivity index (χ1v) is 9.29. The number of thiophene rings is 1. The molecule has 0 radical (unpaired) electrons. The highest BCUT2D eigenvalue weighted by molar-refractivity contribution is 9.11. The summed E-state index contributed by atoms with van der Waals surface area (Å²) in [7, 11) is 0. The molecule has 1 aliphatic heterocycles. The molecular formula is C15H16Br2N2OS. The summed E-state index contributed by atoms with van der Waals surface area (Å²) in [6, 6.07) is 8.21. The molecule has 0 amide bonds. The third-order valence-electron chi connectivity index (χ3n) is 3.68. The molecule has 2 heterocycles. The number of phenols is 1. The second-order valence-electron chi connectivity index (χ2n) is 5.03. The molecule has 0 saturated carbocycles. The predicted molar refractivity (Wildman–Crippen MR) is 94.1 cm³/mol. The monoisotopic (exact) mass is 430 g/mol. The molecule has 2 N–H and O–H groups in total. The van der Waals surface area contributed by atoms with Gasteiger partial charge in [0.1, 0.15) is 5.75 Å². The van der Waals surface area contributed by atoms with Crippen LogP contribution in [0.3, 0.4) is 0 Å². The highest BCUT2D eigenvalue weighted by Crippen LogP contribution is 2.41. The van der Waals surface area contributed by atoms with E-state index in [1.807, 2.05) is 12.1 Å². The van der Waals surface area contributed by atoms with E-state index < -0.39 is 0 Å². The van der Waals surface area contributed by atoms with Gasteiger partial charge in [0.15, 0.2) is 0 Å². The minimum absolute atomic E-state index is 0.0981. The van der Waals surface area contributed by atoms with Crippen LogP contribution in [0.1, 0.15) is 16.5 Å². The molecule has 1 aromatic carbocycles. The molecule has 1 aromatic heterocycles. The van der Waals surface area contributed by atoms with Crippen molar-refractivity contribution in [3.05, 3.63) is 49.0 Å². The largest absolute Gasteiger partial charge is 0.506 e. The molecule has 3 rings (SSSR count). The number of hydrogen-bond acceptors (Lipinski definition) is 4. The topological polar surface area (TPSA) is 35.5 Å². The van der Waals surface area contributed by atoms with E-state index in [1.165, 1.54) is 4.88 Å². The summed E-state index contributed by atoms with van der Waals surface area (Å²) in [6.45, 7) is 3.92. The summed E-state index contributed by atoms with van der Waals surface area (Å²) in [6.07, 6.45) is 0. The van der Waals surface area contributed by atoms with Crippen molar-refractivity contribution < 1.29 is 5.11 Å². The number of benzene rings is 1. The smallest absolute Gasteiger partial charge is 0.134 e. The van der Waals surface area contributed by atoms with Gasteiger partial charge < -0.3 is 10.4 Å². The Morgan fingerprint density at radius 2 is 2.00 bits per heavy atom. The van der Waals surface area contributed by atoms with Gasteiger partial charge in [-0.2, -0.15) is 0 Å². The van der Waals surface area contributed by atoms with Crippen molar-refractivity contribution in [1.82, 2.24) is 10.2 Å². The zero-order valence-electron chi connectivity index (χ0n) is 11.4. The first-order valence-electron chi connectivity index (χ1n) is 6.83. The van der Waals surface area contributed by atoms with Crippen molar-refractivity contribution in [2.45, 2.75) is 6.04 Å². The maximum atomic E-state index is 10.5. The van der Waals surface area contributed by atoms with Crippen LogP contribution >= 0.6 is 43.2 Å². The van der Waals surface area contributed by atoms with Gasteiger partial charge in [-0.1, -0.05) is 22.0 Å². The summed E-state index contributed by atoms with van der Waals surface area (Å²) < 4.78 is 1.70. The average molecular weight is 432 g/mol. The van der Waals surface area contributed by atoms with E-state index in [2.05, 4.69) is 59.6 Å². The maximum absolute atomic E-state index is 10.5. The molecule has 0 spiro atoms. The fraction of sp³-hybridized carbons (Fsp3) is 0.333. The lowest BCUT2D eigenvalue weighted by atomic mass is 10.0. The summed E-state index contributed by atoms with van der Waals surface area (Å²) in [5.41, 5.74) is 0.945. The van der Waals surface area contributed by atoms with Crippen LogP contribution in [0.15, 0.2) is 38.6 Å². The number of nitrogens with one attached hydrogen (secondary N) is 1. The molecule has 112 valence electrons. The van der Waals surface area contributed by atoms with Gasteiger partial charge in [0.25, 0.3) is 0 Å². The van der Waals surface area contributed by atoms with Crippen molar-refractivity contribution in [3.63, 3.8) is 0 Å². The van der Waals surface area contributed by atoms with Gasteiger partial charge in [0.2, 0.25) is 0 Å². The van der Waals surface area contributed by atoms with Gasteiger partial charge in [-0.25, -0.2) is 0 Å². The van der Waals surface area contributed by atoms with E-state index in [1.54, 1.807) is 11.3 Å². The van der Waals surface area contributed by atoms with Gasteiger partial charge in [-0.3, -0.25) is 4.90 Å². The number of phenolic OH excluding ortho intramolecular Hbond substituents is 1. The number of piperazine rings is 1. The lowest BCUT2D eigenvalue weighted by molar-refractivity contribution is 0.198. The average Bonchev–Trinajstić information content (AvgIpc) is 2.99. The standard InChI is InChI=1S/C15H16Br2N2OS/c16-10-8-11(15(20)12(17)9-10)14(13-2-1-7-21-13)19-5-3-18-4-6-19/h1-2,7-9,14,18,20H,3-6H2/t14-/m1/s1. The molecule has 3 nitrogen and oxygen atoms in total. The highest BCUT2D eigenvalue weighted by Gasteiger charge is 2.27.